The first-order chi connectivity index (χ1) is 29.5. The van der Waals surface area contributed by atoms with E-state index < -0.39 is 30.4 Å². The highest BCUT2D eigenvalue weighted by molar-refractivity contribution is 5.88. The maximum atomic E-state index is 13.7. The molecule has 16 nitrogen and oxygen atoms in total. The van der Waals surface area contributed by atoms with Gasteiger partial charge < -0.3 is 49.3 Å². The number of fused-ring (bicyclic) bond motifs is 3. The Bertz CT molecular complexity index is 2460. The number of imidazole rings is 2. The second kappa shape index (κ2) is 17.3. The number of hydrogen-bond acceptors (Lipinski definition) is 10. The number of aromatic amines is 2. The monoisotopic (exact) mass is 832 g/mol. The van der Waals surface area contributed by atoms with Gasteiger partial charge in [-0.2, -0.15) is 0 Å². The van der Waals surface area contributed by atoms with E-state index in [9.17, 15) is 19.2 Å². The third-order valence-electron chi connectivity index (χ3n) is 12.1. The average molecular weight is 833 g/mol. The van der Waals surface area contributed by atoms with E-state index in [0.717, 1.165) is 87.6 Å². The minimum Gasteiger partial charge on any atom is -0.457 e. The number of aromatic nitrogens is 4. The van der Waals surface area contributed by atoms with Crippen molar-refractivity contribution in [3.63, 3.8) is 0 Å². The van der Waals surface area contributed by atoms with Gasteiger partial charge in [0.05, 0.1) is 55.3 Å². The average Bonchev–Trinajstić information content (AvgIpc) is 4.11. The van der Waals surface area contributed by atoms with Crippen LogP contribution in [0.2, 0.25) is 0 Å². The first-order valence-electron chi connectivity index (χ1n) is 20.8. The van der Waals surface area contributed by atoms with Gasteiger partial charge in [0.15, 0.2) is 0 Å². The fourth-order valence-electron chi connectivity index (χ4n) is 8.69. The number of H-pyrrole nitrogens is 2. The molecule has 2 saturated heterocycles. The normalized spacial score (nSPS) is 18.5. The molecular weight excluding hydrogens is 781 g/mol. The van der Waals surface area contributed by atoms with Crippen molar-refractivity contribution in [2.24, 2.45) is 5.92 Å². The van der Waals surface area contributed by atoms with E-state index in [1.165, 1.54) is 21.3 Å². The Morgan fingerprint density at radius 3 is 2.07 bits per heavy atom. The topological polar surface area (TPSA) is 193 Å². The molecule has 5 heterocycles. The third-order valence-corrected chi connectivity index (χ3v) is 12.1. The Kier molecular flexibility index (Phi) is 11.7. The Hall–Kier alpha value is -6.42. The van der Waals surface area contributed by atoms with Crippen LogP contribution >= 0.6 is 0 Å². The van der Waals surface area contributed by atoms with Crippen LogP contribution in [0.15, 0.2) is 60.8 Å². The number of carbonyl (C=O) groups excluding carboxylic acids is 4. The zero-order valence-electron chi connectivity index (χ0n) is 35.2. The number of rotatable bonds is 11. The molecule has 0 radical (unpaired) electrons. The summed E-state index contributed by atoms with van der Waals surface area (Å²) in [7, 11) is 4.05. The van der Waals surface area contributed by atoms with Gasteiger partial charge in [-0.25, -0.2) is 19.6 Å². The number of nitrogens with one attached hydrogen (secondary N) is 4. The van der Waals surface area contributed by atoms with Crippen LogP contribution in [0.25, 0.3) is 33.4 Å². The lowest BCUT2D eigenvalue weighted by molar-refractivity contribution is -0.137. The van der Waals surface area contributed by atoms with Gasteiger partial charge in [0.25, 0.3) is 0 Å². The van der Waals surface area contributed by atoms with Crippen molar-refractivity contribution in [1.82, 2.24) is 40.4 Å². The van der Waals surface area contributed by atoms with Gasteiger partial charge in [0, 0.05) is 32.2 Å². The molecule has 61 heavy (non-hydrogen) atoms. The fraction of sp³-hybridized carbons (Fsp3) is 0.422. The Labute approximate surface area is 353 Å². The summed E-state index contributed by atoms with van der Waals surface area (Å²) in [5.74, 6) is 2.46. The standard InChI is InChI=1S/C45H52N8O8/c1-24(2)38(50-44(56)59-5)42(54)53-18-8-10-35(53)41-47-31-15-13-26(21-32(31)48-41)27-11-12-29-20-30-19-28(14-16-36(30)61-37(29)22-27)33-23-46-40(49-33)34-9-7-17-52(34)43(55)39(25(3)58-4)51-45(57)60-6/h11-16,19,21-25,34-35,38-39H,7-10,17-18,20H2,1-6H3,(H,46,49)(H,47,48)(H,50,56)(H,51,57)/t25-,34+,35+,38+,39+/m1/s1. The number of amides is 4. The lowest BCUT2D eigenvalue weighted by atomic mass is 9.95. The third kappa shape index (κ3) is 8.23. The molecule has 0 aliphatic carbocycles. The molecule has 5 aromatic rings. The molecule has 4 N–H and O–H groups in total. The van der Waals surface area contributed by atoms with Crippen molar-refractivity contribution < 1.29 is 38.1 Å². The van der Waals surface area contributed by atoms with E-state index >= 15 is 0 Å². The number of benzene rings is 3. The minimum atomic E-state index is -0.906. The summed E-state index contributed by atoms with van der Waals surface area (Å²) in [5.41, 5.74) is 7.56. The van der Waals surface area contributed by atoms with Crippen molar-refractivity contribution >= 4 is 35.0 Å². The van der Waals surface area contributed by atoms with Gasteiger partial charge in [-0.05, 0) is 97.2 Å². The lowest BCUT2D eigenvalue weighted by Gasteiger charge is -2.30. The molecule has 0 bridgehead atoms. The SMILES string of the molecule is COC(=O)N[C@H](C(=O)N1CCC[C@H]1c1nc2ccc(-c3ccc4c(c3)Oc3ccc(-c5cnc([C@@H]6CCCN6C(=O)[C@@H](NC(=O)OC)[C@@H](C)OC)[nH]5)cc3C4)cc2[nH]1)C(C)C. The van der Waals surface area contributed by atoms with Gasteiger partial charge in [0.2, 0.25) is 11.8 Å². The quantitative estimate of drug-likeness (QED) is 0.108. The Balaban J connectivity index is 0.960. The van der Waals surface area contributed by atoms with Crippen molar-refractivity contribution in [3.8, 4) is 33.9 Å². The molecule has 0 spiro atoms. The zero-order valence-corrected chi connectivity index (χ0v) is 35.2. The van der Waals surface area contributed by atoms with E-state index in [0.29, 0.717) is 25.3 Å². The number of nitrogens with zero attached hydrogens (tertiary/aromatic N) is 4. The molecule has 3 aromatic carbocycles. The van der Waals surface area contributed by atoms with Crippen LogP contribution in [0.4, 0.5) is 9.59 Å². The van der Waals surface area contributed by atoms with E-state index in [-0.39, 0.29) is 29.8 Å². The summed E-state index contributed by atoms with van der Waals surface area (Å²) in [6, 6.07) is 16.3. The minimum absolute atomic E-state index is 0.117. The van der Waals surface area contributed by atoms with Crippen LogP contribution in [-0.4, -0.2) is 106 Å². The molecule has 4 amide bonds. The smallest absolute Gasteiger partial charge is 0.407 e. The van der Waals surface area contributed by atoms with Gasteiger partial charge in [0.1, 0.15) is 35.2 Å². The van der Waals surface area contributed by atoms with Gasteiger partial charge in [-0.15, -0.1) is 0 Å². The molecule has 0 saturated carbocycles. The van der Waals surface area contributed by atoms with Crippen molar-refractivity contribution in [2.75, 3.05) is 34.4 Å². The Morgan fingerprint density at radius 1 is 0.738 bits per heavy atom. The van der Waals surface area contributed by atoms with Gasteiger partial charge >= 0.3 is 12.2 Å². The lowest BCUT2D eigenvalue weighted by Crippen LogP contribution is -2.54. The second-order valence-corrected chi connectivity index (χ2v) is 16.3. The molecule has 8 rings (SSSR count). The highest BCUT2D eigenvalue weighted by atomic mass is 16.5. The molecule has 320 valence electrons. The second-order valence-electron chi connectivity index (χ2n) is 16.3. The molecule has 2 aromatic heterocycles. The molecule has 16 heteroatoms. The van der Waals surface area contributed by atoms with Gasteiger partial charge in [-0.3, -0.25) is 9.59 Å². The van der Waals surface area contributed by atoms with E-state index in [1.54, 1.807) is 18.0 Å². The van der Waals surface area contributed by atoms with Crippen molar-refractivity contribution in [3.05, 3.63) is 83.6 Å². The maximum Gasteiger partial charge on any atom is 0.407 e. The first kappa shape index (κ1) is 41.3. The number of methoxy groups -OCH3 is 3. The van der Waals surface area contributed by atoms with Crippen molar-refractivity contribution in [1.29, 1.82) is 0 Å². The van der Waals surface area contributed by atoms with Crippen LogP contribution < -0.4 is 15.4 Å². The highest BCUT2D eigenvalue weighted by Crippen LogP contribution is 2.41. The van der Waals surface area contributed by atoms with Crippen LogP contribution in [0.3, 0.4) is 0 Å². The molecule has 3 aliphatic heterocycles. The first-order valence-corrected chi connectivity index (χ1v) is 20.8. The van der Waals surface area contributed by atoms with Crippen molar-refractivity contribution in [2.45, 2.75) is 83.1 Å². The summed E-state index contributed by atoms with van der Waals surface area (Å²) in [6.07, 6.45) is 3.73. The molecule has 0 unspecified atom stereocenters. The molecular formula is C45H52N8O8. The molecule has 3 aliphatic rings. The largest absolute Gasteiger partial charge is 0.457 e. The zero-order chi connectivity index (χ0) is 42.9. The number of ether oxygens (including phenoxy) is 4. The predicted octanol–water partition coefficient (Wildman–Crippen LogP) is 6.78. The highest BCUT2D eigenvalue weighted by Gasteiger charge is 2.40. The fourth-order valence-corrected chi connectivity index (χ4v) is 8.69. The van der Waals surface area contributed by atoms with E-state index in [4.69, 9.17) is 28.9 Å². The summed E-state index contributed by atoms with van der Waals surface area (Å²) in [6.45, 7) is 6.66. The van der Waals surface area contributed by atoms with E-state index in [2.05, 4.69) is 50.9 Å². The van der Waals surface area contributed by atoms with Crippen LogP contribution in [0.5, 0.6) is 11.5 Å². The predicted molar refractivity (Wildman–Crippen MR) is 226 cm³/mol. The van der Waals surface area contributed by atoms with E-state index in [1.807, 2.05) is 43.0 Å². The summed E-state index contributed by atoms with van der Waals surface area (Å²) in [4.78, 5) is 71.6. The number of likely N-dealkylation sites (tertiary alicyclic amines) is 2. The summed E-state index contributed by atoms with van der Waals surface area (Å²) >= 11 is 0. The summed E-state index contributed by atoms with van der Waals surface area (Å²) < 4.78 is 21.5. The Morgan fingerprint density at radius 2 is 1.38 bits per heavy atom. The summed E-state index contributed by atoms with van der Waals surface area (Å²) in [5, 5.41) is 5.34. The number of carbonyl (C=O) groups is 4. The van der Waals surface area contributed by atoms with Crippen LogP contribution in [0, 0.1) is 5.92 Å². The van der Waals surface area contributed by atoms with Crippen LogP contribution in [-0.2, 0) is 30.2 Å². The molecule has 5 atom stereocenters. The number of hydrogen-bond donors (Lipinski definition) is 4. The maximum absolute atomic E-state index is 13.7. The van der Waals surface area contributed by atoms with Crippen LogP contribution in [0.1, 0.15) is 81.3 Å². The molecule has 2 fully saturated rings. The van der Waals surface area contributed by atoms with Gasteiger partial charge in [-0.1, -0.05) is 32.0 Å². The number of alkyl carbamates (subject to hydrolysis) is 2.